The molecule has 0 aliphatic heterocycles. The first kappa shape index (κ1) is 21.0. The minimum Gasteiger partial charge on any atom is -0.493 e. The van der Waals surface area contributed by atoms with Gasteiger partial charge in [0.15, 0.2) is 5.11 Å². The molecule has 0 spiro atoms. The molecule has 0 aliphatic rings. The van der Waals surface area contributed by atoms with E-state index in [1.165, 1.54) is 5.56 Å². The normalized spacial score (nSPS) is 10.3. The van der Waals surface area contributed by atoms with Gasteiger partial charge < -0.3 is 10.1 Å². The maximum Gasteiger partial charge on any atom is 0.257 e. The van der Waals surface area contributed by atoms with Crippen molar-refractivity contribution in [1.82, 2.24) is 5.32 Å². The minimum absolute atomic E-state index is 0.231. The number of nitrogens with one attached hydrogen (secondary N) is 2. The van der Waals surface area contributed by atoms with Crippen LogP contribution in [0, 0.1) is 6.92 Å². The Morgan fingerprint density at radius 1 is 1.03 bits per heavy atom. The van der Waals surface area contributed by atoms with E-state index in [1.54, 1.807) is 18.2 Å². The SMILES string of the molecule is Cc1ccc(NC(=S)NC(=O)c2cccc(OCCc3ccccc3)c2)c(Br)c1. The largest absolute Gasteiger partial charge is 0.493 e. The average molecular weight is 469 g/mol. The molecule has 3 rings (SSSR count). The second-order valence-corrected chi connectivity index (χ2v) is 7.77. The summed E-state index contributed by atoms with van der Waals surface area (Å²) in [6, 6.07) is 23.0. The molecule has 148 valence electrons. The third-order valence-electron chi connectivity index (χ3n) is 4.20. The molecule has 2 N–H and O–H groups in total. The zero-order valence-corrected chi connectivity index (χ0v) is 18.3. The van der Waals surface area contributed by atoms with Gasteiger partial charge in [-0.25, -0.2) is 0 Å². The number of carbonyl (C=O) groups excluding carboxylic acids is 1. The van der Waals surface area contributed by atoms with Crippen LogP contribution in [0.3, 0.4) is 0 Å². The molecule has 0 saturated carbocycles. The molecular formula is C23H21BrN2O2S. The maximum absolute atomic E-state index is 12.5. The fraction of sp³-hybridized carbons (Fsp3) is 0.130. The number of hydrogen-bond acceptors (Lipinski definition) is 3. The molecule has 0 fully saturated rings. The second kappa shape index (κ2) is 10.2. The lowest BCUT2D eigenvalue weighted by Crippen LogP contribution is -2.34. The molecule has 3 aromatic rings. The molecule has 0 radical (unpaired) electrons. The number of anilines is 1. The van der Waals surface area contributed by atoms with Crippen molar-refractivity contribution in [1.29, 1.82) is 0 Å². The van der Waals surface area contributed by atoms with Crippen LogP contribution < -0.4 is 15.4 Å². The van der Waals surface area contributed by atoms with Crippen molar-refractivity contribution in [2.45, 2.75) is 13.3 Å². The van der Waals surface area contributed by atoms with Crippen molar-refractivity contribution >= 4 is 44.9 Å². The molecule has 4 nitrogen and oxygen atoms in total. The first-order chi connectivity index (χ1) is 14.0. The van der Waals surface area contributed by atoms with Gasteiger partial charge in [0.25, 0.3) is 5.91 Å². The summed E-state index contributed by atoms with van der Waals surface area (Å²) in [5.74, 6) is 0.355. The fourth-order valence-corrected chi connectivity index (χ4v) is 3.50. The smallest absolute Gasteiger partial charge is 0.257 e. The van der Waals surface area contributed by atoms with Crippen molar-refractivity contribution < 1.29 is 9.53 Å². The van der Waals surface area contributed by atoms with Gasteiger partial charge in [0, 0.05) is 16.5 Å². The Hall–Kier alpha value is -2.70. The molecular weight excluding hydrogens is 448 g/mol. The standard InChI is InChI=1S/C23H21BrN2O2S/c1-16-10-11-21(20(24)14-16)25-23(29)26-22(27)18-8-5-9-19(15-18)28-13-12-17-6-3-2-4-7-17/h2-11,14-15H,12-13H2,1H3,(H2,25,26,27,29). The van der Waals surface area contributed by atoms with Gasteiger partial charge in [-0.15, -0.1) is 0 Å². The Bertz CT molecular complexity index is 1010. The van der Waals surface area contributed by atoms with Crippen LogP contribution in [0.5, 0.6) is 5.75 Å². The zero-order chi connectivity index (χ0) is 20.6. The number of ether oxygens (including phenoxy) is 1. The average Bonchev–Trinajstić information content (AvgIpc) is 2.71. The summed E-state index contributed by atoms with van der Waals surface area (Å²) in [6.07, 6.45) is 0.802. The van der Waals surface area contributed by atoms with E-state index < -0.39 is 0 Å². The van der Waals surface area contributed by atoms with Gasteiger partial charge in [-0.3, -0.25) is 10.1 Å². The number of aryl methyl sites for hydroxylation is 1. The van der Waals surface area contributed by atoms with E-state index in [-0.39, 0.29) is 11.0 Å². The minimum atomic E-state index is -0.292. The van der Waals surface area contributed by atoms with Crippen molar-refractivity contribution in [3.05, 3.63) is 94.0 Å². The van der Waals surface area contributed by atoms with E-state index in [4.69, 9.17) is 17.0 Å². The van der Waals surface area contributed by atoms with Gasteiger partial charge in [-0.1, -0.05) is 42.5 Å². The number of rotatable bonds is 6. The van der Waals surface area contributed by atoms with Gasteiger partial charge in [0.05, 0.1) is 12.3 Å². The molecule has 0 heterocycles. The zero-order valence-electron chi connectivity index (χ0n) is 15.9. The van der Waals surface area contributed by atoms with Gasteiger partial charge in [-0.05, 0) is 76.5 Å². The lowest BCUT2D eigenvalue weighted by Gasteiger charge is -2.12. The molecule has 1 amide bonds. The molecule has 0 saturated heterocycles. The highest BCUT2D eigenvalue weighted by Crippen LogP contribution is 2.23. The van der Waals surface area contributed by atoms with Gasteiger partial charge >= 0.3 is 0 Å². The summed E-state index contributed by atoms with van der Waals surface area (Å²) < 4.78 is 6.67. The van der Waals surface area contributed by atoms with Crippen LogP contribution in [0.1, 0.15) is 21.5 Å². The highest BCUT2D eigenvalue weighted by molar-refractivity contribution is 9.10. The second-order valence-electron chi connectivity index (χ2n) is 6.50. The maximum atomic E-state index is 12.5. The number of halogens is 1. The lowest BCUT2D eigenvalue weighted by molar-refractivity contribution is 0.0977. The van der Waals surface area contributed by atoms with Crippen molar-refractivity contribution in [3.63, 3.8) is 0 Å². The third kappa shape index (κ3) is 6.41. The van der Waals surface area contributed by atoms with Crippen LogP contribution in [0.2, 0.25) is 0 Å². The van der Waals surface area contributed by atoms with Crippen LogP contribution in [-0.2, 0) is 6.42 Å². The molecule has 0 bridgehead atoms. The summed E-state index contributed by atoms with van der Waals surface area (Å²) in [5.41, 5.74) is 3.61. The van der Waals surface area contributed by atoms with Crippen molar-refractivity contribution in [2.24, 2.45) is 0 Å². The number of hydrogen-bond donors (Lipinski definition) is 2. The molecule has 6 heteroatoms. The van der Waals surface area contributed by atoms with Gasteiger partial charge in [-0.2, -0.15) is 0 Å². The first-order valence-corrected chi connectivity index (χ1v) is 10.4. The summed E-state index contributed by atoms with van der Waals surface area (Å²) in [6.45, 7) is 2.54. The van der Waals surface area contributed by atoms with E-state index in [2.05, 4.69) is 38.7 Å². The highest BCUT2D eigenvalue weighted by atomic mass is 79.9. The number of amides is 1. The van der Waals surface area contributed by atoms with Gasteiger partial charge in [0.2, 0.25) is 0 Å². The quantitative estimate of drug-likeness (QED) is 0.468. The van der Waals surface area contributed by atoms with Crippen LogP contribution in [-0.4, -0.2) is 17.6 Å². The summed E-state index contributed by atoms with van der Waals surface area (Å²) in [7, 11) is 0. The Kier molecular flexibility index (Phi) is 7.38. The number of carbonyl (C=O) groups is 1. The summed E-state index contributed by atoms with van der Waals surface area (Å²) in [4.78, 5) is 12.5. The molecule has 3 aromatic carbocycles. The highest BCUT2D eigenvalue weighted by Gasteiger charge is 2.10. The van der Waals surface area contributed by atoms with E-state index >= 15 is 0 Å². The Morgan fingerprint density at radius 3 is 2.59 bits per heavy atom. The van der Waals surface area contributed by atoms with Crippen molar-refractivity contribution in [2.75, 3.05) is 11.9 Å². The van der Waals surface area contributed by atoms with E-state index in [9.17, 15) is 4.79 Å². The van der Waals surface area contributed by atoms with Crippen LogP contribution in [0.25, 0.3) is 0 Å². The Morgan fingerprint density at radius 2 is 1.83 bits per heavy atom. The Labute approximate surface area is 184 Å². The monoisotopic (exact) mass is 468 g/mol. The first-order valence-electron chi connectivity index (χ1n) is 9.16. The van der Waals surface area contributed by atoms with E-state index in [0.717, 1.165) is 22.1 Å². The fourth-order valence-electron chi connectivity index (χ4n) is 2.71. The number of benzene rings is 3. The van der Waals surface area contributed by atoms with Gasteiger partial charge in [0.1, 0.15) is 5.75 Å². The van der Waals surface area contributed by atoms with Crippen molar-refractivity contribution in [3.8, 4) is 5.75 Å². The summed E-state index contributed by atoms with van der Waals surface area (Å²) >= 11 is 8.75. The van der Waals surface area contributed by atoms with E-state index in [0.29, 0.717) is 17.9 Å². The lowest BCUT2D eigenvalue weighted by atomic mass is 10.2. The van der Waals surface area contributed by atoms with Crippen LogP contribution in [0.4, 0.5) is 5.69 Å². The topological polar surface area (TPSA) is 50.4 Å². The third-order valence-corrected chi connectivity index (χ3v) is 5.06. The van der Waals surface area contributed by atoms with Crippen LogP contribution in [0.15, 0.2) is 77.3 Å². The Balaban J connectivity index is 1.55. The van der Waals surface area contributed by atoms with Crippen LogP contribution >= 0.6 is 28.1 Å². The molecule has 0 atom stereocenters. The molecule has 0 aliphatic carbocycles. The predicted molar refractivity (Wildman–Crippen MR) is 125 cm³/mol. The molecule has 0 unspecified atom stereocenters. The molecule has 29 heavy (non-hydrogen) atoms. The number of thiocarbonyl (C=S) groups is 1. The predicted octanol–water partition coefficient (Wildman–Crippen LogP) is 5.51. The summed E-state index contributed by atoms with van der Waals surface area (Å²) in [5, 5.41) is 5.96. The molecule has 0 aromatic heterocycles. The van der Waals surface area contributed by atoms with E-state index in [1.807, 2.05) is 49.4 Å².